The van der Waals surface area contributed by atoms with Crippen LogP contribution < -0.4 is 5.32 Å². The Bertz CT molecular complexity index is 1020. The number of carbonyl (C=O) groups is 1. The van der Waals surface area contributed by atoms with Crippen LogP contribution in [0.3, 0.4) is 0 Å². The lowest BCUT2D eigenvalue weighted by Gasteiger charge is -2.46. The highest BCUT2D eigenvalue weighted by Gasteiger charge is 2.51. The minimum Gasteiger partial charge on any atom is -0.394 e. The molecule has 2 saturated heterocycles. The molecule has 12 atom stereocenters. The second kappa shape index (κ2) is 34.4. The van der Waals surface area contributed by atoms with Gasteiger partial charge in [-0.15, -0.1) is 0 Å². The summed E-state index contributed by atoms with van der Waals surface area (Å²) in [6.07, 6.45) is 15.4. The molecule has 0 aromatic carbocycles. The fraction of sp³-hybridized carbons (Fsp3) is 0.978. The topological polar surface area (TPSA) is 228 Å². The van der Waals surface area contributed by atoms with Crippen molar-refractivity contribution in [2.24, 2.45) is 0 Å². The molecule has 2 rings (SSSR count). The molecule has 0 aromatic rings. The van der Waals surface area contributed by atoms with Crippen LogP contribution in [0.15, 0.2) is 0 Å². The lowest BCUT2D eigenvalue weighted by molar-refractivity contribution is -0.359. The smallest absolute Gasteiger partial charge is 0.220 e. The SMILES string of the molecule is CCCCCCCCCCCCCCCCCC[C@@H](O)[C@H](CO[C@@H]1O[C@H](CO)[C@@H](O[C@@H]2O[C@H](CO)[C@H](O)C(O)C2O)C(O)C1O)NC(=O)CCCCCCCCCCCC. The van der Waals surface area contributed by atoms with Crippen molar-refractivity contribution in [3.05, 3.63) is 0 Å². The summed E-state index contributed by atoms with van der Waals surface area (Å²) in [6.45, 7) is 2.83. The Kier molecular flexibility index (Phi) is 31.6. The molecule has 9 N–H and O–H groups in total. The van der Waals surface area contributed by atoms with E-state index in [1.54, 1.807) is 0 Å². The summed E-state index contributed by atoms with van der Waals surface area (Å²) in [6, 6.07) is -0.819. The number of hydrogen-bond donors (Lipinski definition) is 9. The van der Waals surface area contributed by atoms with Gasteiger partial charge in [0.1, 0.15) is 48.8 Å². The van der Waals surface area contributed by atoms with Crippen LogP contribution in [0.1, 0.15) is 194 Å². The van der Waals surface area contributed by atoms with E-state index in [1.807, 2.05) is 0 Å². The molecule has 0 spiro atoms. The van der Waals surface area contributed by atoms with Crippen LogP contribution >= 0.6 is 0 Å². The fourth-order valence-corrected chi connectivity index (χ4v) is 8.30. The van der Waals surface area contributed by atoms with Crippen molar-refractivity contribution in [3.8, 4) is 0 Å². The first-order valence-electron chi connectivity index (χ1n) is 24.3. The third-order valence-corrected chi connectivity index (χ3v) is 12.3. The van der Waals surface area contributed by atoms with Gasteiger partial charge in [-0.05, 0) is 12.8 Å². The number of carbonyl (C=O) groups excluding carboxylic acids is 1. The molecule has 2 aliphatic rings. The van der Waals surface area contributed by atoms with Gasteiger partial charge in [0.15, 0.2) is 12.6 Å². The molecule has 0 bridgehead atoms. The van der Waals surface area contributed by atoms with E-state index < -0.39 is 86.8 Å². The molecule has 356 valence electrons. The molecule has 0 saturated carbocycles. The number of nitrogens with one attached hydrogen (secondary N) is 1. The van der Waals surface area contributed by atoms with E-state index in [1.165, 1.54) is 116 Å². The molecule has 2 aliphatic heterocycles. The van der Waals surface area contributed by atoms with Crippen molar-refractivity contribution in [2.75, 3.05) is 19.8 Å². The molecular formula is C46H89NO13. The lowest BCUT2D eigenvalue weighted by Crippen LogP contribution is -2.65. The van der Waals surface area contributed by atoms with Crippen LogP contribution in [0.25, 0.3) is 0 Å². The summed E-state index contributed by atoms with van der Waals surface area (Å²) in [5.74, 6) is -0.208. The number of ether oxygens (including phenoxy) is 4. The first kappa shape index (κ1) is 55.1. The number of hydrogen-bond acceptors (Lipinski definition) is 13. The summed E-state index contributed by atoms with van der Waals surface area (Å²) in [5.41, 5.74) is 0. The van der Waals surface area contributed by atoms with Gasteiger partial charge in [-0.25, -0.2) is 0 Å². The van der Waals surface area contributed by atoms with Gasteiger partial charge in [0.05, 0.1) is 32.0 Å². The van der Waals surface area contributed by atoms with Gasteiger partial charge in [0.25, 0.3) is 0 Å². The van der Waals surface area contributed by atoms with Gasteiger partial charge in [-0.2, -0.15) is 0 Å². The number of rotatable bonds is 37. The van der Waals surface area contributed by atoms with Crippen LogP contribution in [-0.2, 0) is 23.7 Å². The Morgan fingerprint density at radius 2 is 0.950 bits per heavy atom. The van der Waals surface area contributed by atoms with E-state index in [4.69, 9.17) is 18.9 Å². The van der Waals surface area contributed by atoms with Crippen molar-refractivity contribution in [3.63, 3.8) is 0 Å². The lowest BCUT2D eigenvalue weighted by atomic mass is 9.97. The largest absolute Gasteiger partial charge is 0.394 e. The van der Waals surface area contributed by atoms with Crippen LogP contribution in [0.5, 0.6) is 0 Å². The Morgan fingerprint density at radius 3 is 1.42 bits per heavy atom. The van der Waals surface area contributed by atoms with Crippen molar-refractivity contribution in [1.82, 2.24) is 5.32 Å². The highest BCUT2D eigenvalue weighted by Crippen LogP contribution is 2.30. The van der Waals surface area contributed by atoms with E-state index in [0.717, 1.165) is 51.4 Å². The highest BCUT2D eigenvalue weighted by atomic mass is 16.7. The second-order valence-corrected chi connectivity index (χ2v) is 17.6. The molecule has 1 amide bonds. The van der Waals surface area contributed by atoms with Crippen molar-refractivity contribution in [2.45, 2.75) is 267 Å². The third kappa shape index (κ3) is 22.1. The van der Waals surface area contributed by atoms with Crippen LogP contribution in [-0.4, -0.2) is 140 Å². The predicted octanol–water partition coefficient (Wildman–Crippen LogP) is 5.44. The first-order valence-corrected chi connectivity index (χ1v) is 24.3. The van der Waals surface area contributed by atoms with Gasteiger partial charge in [-0.3, -0.25) is 4.79 Å². The maximum atomic E-state index is 13.1. The Labute approximate surface area is 362 Å². The highest BCUT2D eigenvalue weighted by molar-refractivity contribution is 5.76. The zero-order valence-electron chi connectivity index (χ0n) is 37.5. The molecule has 14 heteroatoms. The van der Waals surface area contributed by atoms with Crippen LogP contribution in [0, 0.1) is 0 Å². The normalized spacial score (nSPS) is 28.2. The monoisotopic (exact) mass is 864 g/mol. The quantitative estimate of drug-likeness (QED) is 0.0356. The van der Waals surface area contributed by atoms with Crippen molar-refractivity contribution < 1.29 is 64.6 Å². The predicted molar refractivity (Wildman–Crippen MR) is 231 cm³/mol. The van der Waals surface area contributed by atoms with Gasteiger partial charge in [0.2, 0.25) is 5.91 Å². The van der Waals surface area contributed by atoms with E-state index in [-0.39, 0.29) is 12.5 Å². The number of unbranched alkanes of at least 4 members (excludes halogenated alkanes) is 24. The van der Waals surface area contributed by atoms with Crippen LogP contribution in [0.2, 0.25) is 0 Å². The molecule has 2 fully saturated rings. The first-order chi connectivity index (χ1) is 29.1. The number of aliphatic hydroxyl groups is 8. The van der Waals surface area contributed by atoms with E-state index in [2.05, 4.69) is 19.2 Å². The van der Waals surface area contributed by atoms with Crippen molar-refractivity contribution >= 4 is 5.91 Å². The molecule has 0 aliphatic carbocycles. The fourth-order valence-electron chi connectivity index (χ4n) is 8.30. The Morgan fingerprint density at radius 1 is 0.533 bits per heavy atom. The Hall–Kier alpha value is -1.01. The van der Waals surface area contributed by atoms with E-state index in [0.29, 0.717) is 12.8 Å². The molecule has 14 nitrogen and oxygen atoms in total. The zero-order valence-corrected chi connectivity index (χ0v) is 37.5. The maximum Gasteiger partial charge on any atom is 0.220 e. The summed E-state index contributed by atoms with van der Waals surface area (Å²) >= 11 is 0. The summed E-state index contributed by atoms with van der Waals surface area (Å²) in [4.78, 5) is 13.1. The molecule has 0 aromatic heterocycles. The summed E-state index contributed by atoms with van der Waals surface area (Å²) < 4.78 is 22.7. The molecular weight excluding hydrogens is 774 g/mol. The van der Waals surface area contributed by atoms with Gasteiger partial charge in [-0.1, -0.05) is 174 Å². The molecule has 0 radical (unpaired) electrons. The van der Waals surface area contributed by atoms with E-state index >= 15 is 0 Å². The zero-order chi connectivity index (χ0) is 44.0. The number of amides is 1. The Balaban J connectivity index is 1.84. The number of aliphatic hydroxyl groups excluding tert-OH is 8. The standard InChI is InChI=1S/C46H89NO13/c1-3-5-7-9-11-13-15-16-17-18-19-20-21-23-25-27-29-35(50)34(47-38(51)30-28-26-24-22-14-12-10-8-6-4-2)33-57-45-43(56)41(54)44(37(32-49)59-45)60-46-42(55)40(53)39(52)36(31-48)58-46/h34-37,39-46,48-50,52-56H,3-33H2,1-2H3,(H,47,51)/t34-,35+,36+,37+,39-,40?,41?,42?,43?,44+,45+,46-/m0/s1. The molecule has 60 heavy (non-hydrogen) atoms. The van der Waals surface area contributed by atoms with Gasteiger partial charge in [0, 0.05) is 6.42 Å². The second-order valence-electron chi connectivity index (χ2n) is 17.6. The third-order valence-electron chi connectivity index (χ3n) is 12.3. The average molecular weight is 864 g/mol. The summed E-state index contributed by atoms with van der Waals surface area (Å²) in [5, 5.41) is 86.7. The van der Waals surface area contributed by atoms with Crippen LogP contribution in [0.4, 0.5) is 0 Å². The average Bonchev–Trinajstić information content (AvgIpc) is 3.24. The molecule has 2 heterocycles. The van der Waals surface area contributed by atoms with Gasteiger partial charge < -0.3 is 65.1 Å². The minimum absolute atomic E-state index is 0.208. The minimum atomic E-state index is -1.78. The van der Waals surface area contributed by atoms with E-state index in [9.17, 15) is 45.6 Å². The summed E-state index contributed by atoms with van der Waals surface area (Å²) in [7, 11) is 0. The van der Waals surface area contributed by atoms with Crippen molar-refractivity contribution in [1.29, 1.82) is 0 Å². The van der Waals surface area contributed by atoms with Gasteiger partial charge >= 0.3 is 0 Å². The molecule has 4 unspecified atom stereocenters. The maximum absolute atomic E-state index is 13.1.